The lowest BCUT2D eigenvalue weighted by atomic mass is 9.76. The minimum atomic E-state index is -0.108. The van der Waals surface area contributed by atoms with Gasteiger partial charge in [0.1, 0.15) is 17.2 Å². The van der Waals surface area contributed by atoms with Crippen LogP contribution in [-0.2, 0) is 5.41 Å². The molecule has 1 aliphatic heterocycles. The van der Waals surface area contributed by atoms with Gasteiger partial charge in [-0.25, -0.2) is 0 Å². The fourth-order valence-electron chi connectivity index (χ4n) is 5.09. The molecule has 2 aromatic rings. The Bertz CT molecular complexity index is 937. The first-order valence-electron chi connectivity index (χ1n) is 14.3. The van der Waals surface area contributed by atoms with Crippen molar-refractivity contribution in [1.29, 1.82) is 0 Å². The van der Waals surface area contributed by atoms with E-state index in [1.807, 2.05) is 6.07 Å². The normalized spacial score (nSPS) is 18.7. The number of hydrogen-bond donors (Lipinski definition) is 0. The van der Waals surface area contributed by atoms with E-state index in [2.05, 4.69) is 85.8 Å². The monoisotopic (exact) mass is 559 g/mol. The molecule has 38 heavy (non-hydrogen) atoms. The van der Waals surface area contributed by atoms with E-state index in [-0.39, 0.29) is 5.41 Å². The summed E-state index contributed by atoms with van der Waals surface area (Å²) in [5.41, 5.74) is 2.47. The Morgan fingerprint density at radius 2 is 1.42 bits per heavy atom. The quantitative estimate of drug-likeness (QED) is 0.171. The highest BCUT2D eigenvalue weighted by Gasteiger charge is 2.43. The molecule has 0 saturated heterocycles. The number of hydrogen-bond acceptors (Lipinski definition) is 6. The largest absolute Gasteiger partial charge is 0.497 e. The van der Waals surface area contributed by atoms with Gasteiger partial charge in [0, 0.05) is 22.3 Å². The summed E-state index contributed by atoms with van der Waals surface area (Å²) >= 11 is 4.22. The van der Waals surface area contributed by atoms with Crippen molar-refractivity contribution in [1.82, 2.24) is 4.90 Å². The highest BCUT2D eigenvalue weighted by molar-refractivity contribution is 7.99. The Balaban J connectivity index is 1.44. The van der Waals surface area contributed by atoms with E-state index in [0.717, 1.165) is 17.2 Å². The van der Waals surface area contributed by atoms with Gasteiger partial charge in [0.2, 0.25) is 0 Å². The van der Waals surface area contributed by atoms with Gasteiger partial charge in [-0.15, -0.1) is 0 Å². The van der Waals surface area contributed by atoms with Crippen molar-refractivity contribution in [2.45, 2.75) is 69.0 Å². The van der Waals surface area contributed by atoms with E-state index < -0.39 is 0 Å². The van der Waals surface area contributed by atoms with E-state index in [4.69, 9.17) is 14.2 Å². The summed E-state index contributed by atoms with van der Waals surface area (Å²) < 4.78 is 17.2. The molecule has 3 rings (SSSR count). The molecule has 0 N–H and O–H groups in total. The van der Waals surface area contributed by atoms with Crippen LogP contribution in [0, 0.1) is 0 Å². The first kappa shape index (κ1) is 31.0. The van der Waals surface area contributed by atoms with Gasteiger partial charge in [-0.1, -0.05) is 57.2 Å². The van der Waals surface area contributed by atoms with E-state index in [1.54, 1.807) is 14.2 Å². The first-order valence-corrected chi connectivity index (χ1v) is 16.5. The predicted octanol–water partition coefficient (Wildman–Crippen LogP) is 8.24. The van der Waals surface area contributed by atoms with Crippen molar-refractivity contribution in [3.05, 3.63) is 53.6 Å². The van der Waals surface area contributed by atoms with Crippen LogP contribution in [0.4, 0.5) is 0 Å². The average Bonchev–Trinajstić information content (AvgIpc) is 2.93. The summed E-state index contributed by atoms with van der Waals surface area (Å²) in [5.74, 6) is 6.51. The number of fused-ring (bicyclic) bond motifs is 1. The number of rotatable bonds is 18. The van der Waals surface area contributed by atoms with Gasteiger partial charge in [0.05, 0.1) is 20.8 Å². The standard InChI is InChI=1S/C32H49NO3S2/c1-32(26-14-16-27(34-4)17-15-26)25-36-30-24-28(35-5)18-19-29(30)31(32)38-23-12-10-8-6-7-9-11-21-37-22-13-20-33(2)3/h14-19,24,31H,6-13,20-23,25H2,1-5H3. The molecule has 0 aromatic heterocycles. The van der Waals surface area contributed by atoms with Crippen molar-refractivity contribution >= 4 is 23.5 Å². The zero-order chi connectivity index (χ0) is 27.2. The van der Waals surface area contributed by atoms with Crippen LogP contribution in [0.15, 0.2) is 42.5 Å². The minimum Gasteiger partial charge on any atom is -0.497 e. The summed E-state index contributed by atoms with van der Waals surface area (Å²) in [7, 11) is 7.75. The maximum atomic E-state index is 6.32. The summed E-state index contributed by atoms with van der Waals surface area (Å²) in [5, 5.41) is 0.334. The SMILES string of the molecule is COc1ccc(C2(C)COc3cc(OC)ccc3C2SCCCCCCCCCSCCCN(C)C)cc1. The van der Waals surface area contributed by atoms with E-state index in [0.29, 0.717) is 11.9 Å². The van der Waals surface area contributed by atoms with Crippen molar-refractivity contribution in [2.75, 3.05) is 58.7 Å². The van der Waals surface area contributed by atoms with Gasteiger partial charge in [-0.05, 0) is 80.9 Å². The summed E-state index contributed by atoms with van der Waals surface area (Å²) in [6.45, 7) is 4.22. The second kappa shape index (κ2) is 16.6. The molecule has 0 aliphatic carbocycles. The molecule has 0 radical (unpaired) electrons. The zero-order valence-corrected chi connectivity index (χ0v) is 25.9. The lowest BCUT2D eigenvalue weighted by Gasteiger charge is -2.42. The third-order valence-corrected chi connectivity index (χ3v) is 10.3. The molecular weight excluding hydrogens is 510 g/mol. The van der Waals surface area contributed by atoms with Crippen LogP contribution in [0.25, 0.3) is 0 Å². The topological polar surface area (TPSA) is 30.9 Å². The number of benzene rings is 2. The lowest BCUT2D eigenvalue weighted by molar-refractivity contribution is 0.196. The van der Waals surface area contributed by atoms with Crippen LogP contribution < -0.4 is 14.2 Å². The van der Waals surface area contributed by atoms with E-state index >= 15 is 0 Å². The molecular formula is C32H49NO3S2. The Kier molecular flexibility index (Phi) is 13.5. The van der Waals surface area contributed by atoms with Gasteiger partial charge in [0.25, 0.3) is 0 Å². The molecule has 0 spiro atoms. The van der Waals surface area contributed by atoms with Crippen molar-refractivity contribution in [2.24, 2.45) is 0 Å². The smallest absolute Gasteiger partial charge is 0.127 e. The van der Waals surface area contributed by atoms with Crippen molar-refractivity contribution in [3.63, 3.8) is 0 Å². The van der Waals surface area contributed by atoms with Crippen LogP contribution in [0.3, 0.4) is 0 Å². The maximum Gasteiger partial charge on any atom is 0.127 e. The van der Waals surface area contributed by atoms with Gasteiger partial charge in [-0.3, -0.25) is 0 Å². The second-order valence-corrected chi connectivity index (χ2v) is 13.3. The summed E-state index contributed by atoms with van der Waals surface area (Å²) in [6, 6.07) is 14.8. The highest BCUT2D eigenvalue weighted by atomic mass is 32.2. The second-order valence-electron chi connectivity index (χ2n) is 10.8. The fourth-order valence-corrected chi connectivity index (χ4v) is 7.58. The lowest BCUT2D eigenvalue weighted by Crippen LogP contribution is -2.39. The molecule has 212 valence electrons. The Labute approximate surface area is 240 Å². The third kappa shape index (κ3) is 9.31. The molecule has 2 aromatic carbocycles. The van der Waals surface area contributed by atoms with Crippen molar-refractivity contribution in [3.8, 4) is 17.2 Å². The molecule has 0 bridgehead atoms. The Hall–Kier alpha value is -1.50. The first-order chi connectivity index (χ1) is 18.5. The number of nitrogens with zero attached hydrogens (tertiary/aromatic N) is 1. The minimum absolute atomic E-state index is 0.108. The average molecular weight is 560 g/mol. The molecule has 2 unspecified atom stereocenters. The third-order valence-electron chi connectivity index (χ3n) is 7.47. The van der Waals surface area contributed by atoms with E-state index in [9.17, 15) is 0 Å². The van der Waals surface area contributed by atoms with Crippen LogP contribution in [-0.4, -0.2) is 63.6 Å². The van der Waals surface area contributed by atoms with E-state index in [1.165, 1.54) is 86.3 Å². The predicted molar refractivity (Wildman–Crippen MR) is 167 cm³/mol. The molecule has 6 heteroatoms. The molecule has 0 amide bonds. The van der Waals surface area contributed by atoms with Crippen LogP contribution in [0.1, 0.15) is 74.7 Å². The maximum absolute atomic E-state index is 6.32. The number of ether oxygens (including phenoxy) is 3. The zero-order valence-electron chi connectivity index (χ0n) is 24.3. The number of unbranched alkanes of at least 4 members (excludes halogenated alkanes) is 6. The fraction of sp³-hybridized carbons (Fsp3) is 0.625. The molecule has 0 saturated carbocycles. The number of methoxy groups -OCH3 is 2. The molecule has 4 nitrogen and oxygen atoms in total. The van der Waals surface area contributed by atoms with Gasteiger partial charge in [-0.2, -0.15) is 23.5 Å². The van der Waals surface area contributed by atoms with Gasteiger partial charge < -0.3 is 19.1 Å². The van der Waals surface area contributed by atoms with Gasteiger partial charge in [0.15, 0.2) is 0 Å². The molecule has 1 aliphatic rings. The van der Waals surface area contributed by atoms with Gasteiger partial charge >= 0.3 is 0 Å². The van der Waals surface area contributed by atoms with Crippen LogP contribution in [0.5, 0.6) is 17.2 Å². The molecule has 1 heterocycles. The Morgan fingerprint density at radius 1 is 0.816 bits per heavy atom. The van der Waals surface area contributed by atoms with Crippen LogP contribution in [0.2, 0.25) is 0 Å². The molecule has 2 atom stereocenters. The highest BCUT2D eigenvalue weighted by Crippen LogP contribution is 2.53. The van der Waals surface area contributed by atoms with Crippen LogP contribution >= 0.6 is 23.5 Å². The van der Waals surface area contributed by atoms with Crippen molar-refractivity contribution < 1.29 is 14.2 Å². The molecule has 0 fully saturated rings. The Morgan fingerprint density at radius 3 is 2.08 bits per heavy atom. The summed E-state index contributed by atoms with van der Waals surface area (Å²) in [6.07, 6.45) is 10.8. The summed E-state index contributed by atoms with van der Waals surface area (Å²) in [4.78, 5) is 2.28. The number of thioether (sulfide) groups is 2.